The van der Waals surface area contributed by atoms with Gasteiger partial charge in [-0.2, -0.15) is 0 Å². The van der Waals surface area contributed by atoms with Crippen LogP contribution in [-0.4, -0.2) is 5.97 Å². The van der Waals surface area contributed by atoms with Gasteiger partial charge in [-0.25, -0.2) is 0 Å². The Balaban J connectivity index is 1.91. The van der Waals surface area contributed by atoms with E-state index in [2.05, 4.69) is 54.9 Å². The van der Waals surface area contributed by atoms with Crippen LogP contribution in [0.3, 0.4) is 0 Å². The van der Waals surface area contributed by atoms with Gasteiger partial charge in [-0.05, 0) is 40.8 Å². The Labute approximate surface area is 139 Å². The molecular weight excluding hydrogens is 304 g/mol. The predicted octanol–water partition coefficient (Wildman–Crippen LogP) is 4.58. The SMILES string of the molecule is CC(C)c1ccc(-[s+]2ccc(-c3cccc(C(=O)[O-])c3)c2)cc1. The van der Waals surface area contributed by atoms with E-state index in [0.29, 0.717) is 5.92 Å². The molecule has 3 heteroatoms. The molecule has 0 amide bonds. The highest BCUT2D eigenvalue weighted by Crippen LogP contribution is 2.36. The van der Waals surface area contributed by atoms with Crippen LogP contribution in [0.15, 0.2) is 65.4 Å². The Hall–Kier alpha value is -2.39. The first-order valence-corrected chi connectivity index (χ1v) is 8.93. The average Bonchev–Trinajstić information content (AvgIpc) is 3.05. The molecule has 2 nitrogen and oxygen atoms in total. The second-order valence-electron chi connectivity index (χ2n) is 5.84. The van der Waals surface area contributed by atoms with E-state index in [1.165, 1.54) is 10.5 Å². The van der Waals surface area contributed by atoms with Crippen LogP contribution in [0.2, 0.25) is 0 Å². The Morgan fingerprint density at radius 2 is 1.74 bits per heavy atom. The molecule has 2 aromatic carbocycles. The Kier molecular flexibility index (Phi) is 4.30. The Morgan fingerprint density at radius 3 is 2.39 bits per heavy atom. The summed E-state index contributed by atoms with van der Waals surface area (Å²) in [5.41, 5.74) is 3.53. The van der Waals surface area contributed by atoms with E-state index in [0.717, 1.165) is 11.1 Å². The maximum Gasteiger partial charge on any atom is 0.178 e. The number of rotatable bonds is 4. The zero-order valence-electron chi connectivity index (χ0n) is 13.2. The fraction of sp³-hybridized carbons (Fsp3) is 0.150. The van der Waals surface area contributed by atoms with Crippen molar-refractivity contribution in [1.82, 2.24) is 0 Å². The smallest absolute Gasteiger partial charge is 0.178 e. The molecule has 1 unspecified atom stereocenters. The van der Waals surface area contributed by atoms with Gasteiger partial charge in [0.1, 0.15) is 5.38 Å². The molecule has 0 aliphatic rings. The molecule has 1 heterocycles. The summed E-state index contributed by atoms with van der Waals surface area (Å²) in [6.45, 7) is 4.38. The van der Waals surface area contributed by atoms with Gasteiger partial charge in [-0.3, -0.25) is 0 Å². The molecule has 23 heavy (non-hydrogen) atoms. The molecule has 1 aromatic heterocycles. The zero-order chi connectivity index (χ0) is 16.4. The summed E-state index contributed by atoms with van der Waals surface area (Å²) in [7, 11) is -0.0657. The highest BCUT2D eigenvalue weighted by atomic mass is 32.2. The monoisotopic (exact) mass is 322 g/mol. The third-order valence-electron chi connectivity index (χ3n) is 3.90. The van der Waals surface area contributed by atoms with Gasteiger partial charge in [-0.15, -0.1) is 0 Å². The largest absolute Gasteiger partial charge is 0.545 e. The summed E-state index contributed by atoms with van der Waals surface area (Å²) in [6, 6.07) is 17.7. The number of carbonyl (C=O) groups is 1. The molecule has 3 aromatic rings. The fourth-order valence-electron chi connectivity index (χ4n) is 2.51. The van der Waals surface area contributed by atoms with Crippen molar-refractivity contribution in [3.8, 4) is 16.0 Å². The summed E-state index contributed by atoms with van der Waals surface area (Å²) < 4.78 is 0. The number of hydrogen-bond acceptors (Lipinski definition) is 2. The molecule has 0 spiro atoms. The van der Waals surface area contributed by atoms with E-state index < -0.39 is 5.97 Å². The minimum absolute atomic E-state index is 0.0657. The number of hydrogen-bond donors (Lipinski definition) is 0. The van der Waals surface area contributed by atoms with E-state index >= 15 is 0 Å². The lowest BCUT2D eigenvalue weighted by atomic mass is 10.0. The molecule has 0 aliphatic carbocycles. The number of thiophene rings is 1. The second-order valence-corrected chi connectivity index (χ2v) is 7.56. The molecule has 1 atom stereocenters. The highest BCUT2D eigenvalue weighted by molar-refractivity contribution is 7.37. The van der Waals surface area contributed by atoms with E-state index in [1.54, 1.807) is 18.2 Å². The van der Waals surface area contributed by atoms with Gasteiger partial charge < -0.3 is 9.90 Å². The first kappa shape index (κ1) is 15.5. The lowest BCUT2D eigenvalue weighted by Crippen LogP contribution is -2.22. The van der Waals surface area contributed by atoms with E-state index in [9.17, 15) is 9.90 Å². The summed E-state index contributed by atoms with van der Waals surface area (Å²) >= 11 is 0. The molecule has 0 N–H and O–H groups in total. The predicted molar refractivity (Wildman–Crippen MR) is 94.1 cm³/mol. The Morgan fingerprint density at radius 1 is 1.00 bits per heavy atom. The summed E-state index contributed by atoms with van der Waals surface area (Å²) in [4.78, 5) is 12.3. The van der Waals surface area contributed by atoms with Crippen molar-refractivity contribution in [2.75, 3.05) is 0 Å². The number of carbonyl (C=O) groups excluding carboxylic acids is 1. The van der Waals surface area contributed by atoms with Crippen LogP contribution in [0.5, 0.6) is 0 Å². The van der Waals surface area contributed by atoms with Gasteiger partial charge in [0.25, 0.3) is 0 Å². The molecule has 0 radical (unpaired) electrons. The van der Waals surface area contributed by atoms with Crippen molar-refractivity contribution >= 4 is 16.4 Å². The van der Waals surface area contributed by atoms with Gasteiger partial charge in [0.2, 0.25) is 0 Å². The van der Waals surface area contributed by atoms with Crippen LogP contribution >= 0.6 is 10.5 Å². The van der Waals surface area contributed by atoms with Crippen LogP contribution in [0.1, 0.15) is 35.7 Å². The lowest BCUT2D eigenvalue weighted by Gasteiger charge is -2.03. The van der Waals surface area contributed by atoms with Gasteiger partial charge >= 0.3 is 0 Å². The standard InChI is InChI=1S/C20H18O2S/c1-14(2)15-6-8-19(9-7-15)23-11-10-18(13-23)16-4-3-5-17(12-16)20(21)22/h3-14H,1-2H3. The zero-order valence-corrected chi connectivity index (χ0v) is 14.0. The van der Waals surface area contributed by atoms with Crippen LogP contribution in [0, 0.1) is 0 Å². The first-order valence-electron chi connectivity index (χ1n) is 7.58. The molecular formula is C20H18O2S. The summed E-state index contributed by atoms with van der Waals surface area (Å²) in [5, 5.41) is 15.4. The topological polar surface area (TPSA) is 40.1 Å². The van der Waals surface area contributed by atoms with Gasteiger partial charge in [-0.1, -0.05) is 44.2 Å². The second kappa shape index (κ2) is 6.39. The quantitative estimate of drug-likeness (QED) is 0.660. The number of carboxylic acid groups (broad SMARTS) is 1. The molecule has 0 saturated carbocycles. The van der Waals surface area contributed by atoms with Crippen LogP contribution < -0.4 is 5.11 Å². The number of aromatic carboxylic acids is 1. The van der Waals surface area contributed by atoms with Crippen molar-refractivity contribution in [3.63, 3.8) is 0 Å². The van der Waals surface area contributed by atoms with Crippen molar-refractivity contribution in [3.05, 3.63) is 76.5 Å². The minimum atomic E-state index is -1.14. The summed E-state index contributed by atoms with van der Waals surface area (Å²) in [5.74, 6) is -0.609. The maximum absolute atomic E-state index is 11.0. The fourth-order valence-corrected chi connectivity index (χ4v) is 4.11. The van der Waals surface area contributed by atoms with Crippen LogP contribution in [0.25, 0.3) is 16.0 Å². The lowest BCUT2D eigenvalue weighted by molar-refractivity contribution is -0.255. The average molecular weight is 322 g/mol. The number of benzene rings is 2. The van der Waals surface area contributed by atoms with Crippen molar-refractivity contribution < 1.29 is 9.90 Å². The molecule has 0 fully saturated rings. The van der Waals surface area contributed by atoms with Gasteiger partial charge in [0.15, 0.2) is 10.3 Å². The third kappa shape index (κ3) is 3.35. The number of carboxylic acids is 1. The molecule has 116 valence electrons. The minimum Gasteiger partial charge on any atom is -0.545 e. The molecule has 0 aliphatic heterocycles. The first-order chi connectivity index (χ1) is 11.0. The van der Waals surface area contributed by atoms with Crippen LogP contribution in [-0.2, 0) is 0 Å². The third-order valence-corrected chi connectivity index (χ3v) is 5.65. The molecule has 0 bridgehead atoms. The summed E-state index contributed by atoms with van der Waals surface area (Å²) in [6.07, 6.45) is 0. The van der Waals surface area contributed by atoms with Gasteiger partial charge in [0, 0.05) is 22.1 Å². The highest BCUT2D eigenvalue weighted by Gasteiger charge is 2.13. The molecule has 0 saturated heterocycles. The Bertz CT molecular complexity index is 829. The normalized spacial score (nSPS) is 11.7. The van der Waals surface area contributed by atoms with Crippen molar-refractivity contribution in [1.29, 1.82) is 0 Å². The van der Waals surface area contributed by atoms with E-state index in [4.69, 9.17) is 0 Å². The van der Waals surface area contributed by atoms with Crippen molar-refractivity contribution in [2.24, 2.45) is 0 Å². The maximum atomic E-state index is 11.0. The van der Waals surface area contributed by atoms with Crippen molar-refractivity contribution in [2.45, 2.75) is 19.8 Å². The van der Waals surface area contributed by atoms with E-state index in [-0.39, 0.29) is 16.0 Å². The molecule has 3 rings (SSSR count). The van der Waals surface area contributed by atoms with E-state index in [1.807, 2.05) is 6.07 Å². The van der Waals surface area contributed by atoms with Crippen LogP contribution in [0.4, 0.5) is 0 Å². The van der Waals surface area contributed by atoms with Gasteiger partial charge in [0.05, 0.1) is 5.97 Å².